The second kappa shape index (κ2) is 7.65. The van der Waals surface area contributed by atoms with Gasteiger partial charge in [-0.1, -0.05) is 11.6 Å². The first-order chi connectivity index (χ1) is 13.3. The Labute approximate surface area is 162 Å². The molecule has 2 heterocycles. The van der Waals surface area contributed by atoms with Crippen molar-refractivity contribution >= 4 is 40.0 Å². The van der Waals surface area contributed by atoms with E-state index in [1.54, 1.807) is 13.0 Å². The summed E-state index contributed by atoms with van der Waals surface area (Å²) < 4.78 is 19.3. The molecule has 10 heteroatoms. The minimum atomic E-state index is -1.37. The molecule has 3 aromatic rings. The van der Waals surface area contributed by atoms with E-state index in [9.17, 15) is 19.1 Å². The van der Waals surface area contributed by atoms with Crippen molar-refractivity contribution in [2.45, 2.75) is 13.0 Å². The van der Waals surface area contributed by atoms with Crippen LogP contribution in [0.1, 0.15) is 34.9 Å². The van der Waals surface area contributed by atoms with Crippen molar-refractivity contribution < 1.29 is 23.5 Å². The molecule has 4 N–H and O–H groups in total. The number of aromatic nitrogens is 2. The Bertz CT molecular complexity index is 1100. The van der Waals surface area contributed by atoms with Gasteiger partial charge in [-0.15, -0.1) is 0 Å². The van der Waals surface area contributed by atoms with E-state index in [4.69, 9.17) is 21.8 Å². The van der Waals surface area contributed by atoms with Crippen molar-refractivity contribution in [1.82, 2.24) is 15.3 Å². The number of benzene rings is 1. The lowest BCUT2D eigenvalue weighted by atomic mass is 10.1. The van der Waals surface area contributed by atoms with Gasteiger partial charge in [-0.2, -0.15) is 0 Å². The SMILES string of the molecule is C[C@H](NC(=O)/C(=C/N)c1ncccn1)c1oc2c(C(=O)O)cc(F)cc2c1Cl. The number of nitrogens with one attached hydrogen (secondary N) is 1. The molecule has 144 valence electrons. The highest BCUT2D eigenvalue weighted by molar-refractivity contribution is 6.36. The molecule has 2 aromatic heterocycles. The average Bonchev–Trinajstić information content (AvgIpc) is 2.99. The molecule has 0 unspecified atom stereocenters. The van der Waals surface area contributed by atoms with Gasteiger partial charge < -0.3 is 20.6 Å². The van der Waals surface area contributed by atoms with Gasteiger partial charge in [0.15, 0.2) is 11.4 Å². The lowest BCUT2D eigenvalue weighted by Crippen LogP contribution is -2.28. The van der Waals surface area contributed by atoms with Crippen LogP contribution >= 0.6 is 11.6 Å². The summed E-state index contributed by atoms with van der Waals surface area (Å²) in [5, 5.41) is 12.0. The molecule has 0 aliphatic rings. The summed E-state index contributed by atoms with van der Waals surface area (Å²) in [7, 11) is 0. The molecule has 0 bridgehead atoms. The predicted molar refractivity (Wildman–Crippen MR) is 98.9 cm³/mol. The first-order valence-electron chi connectivity index (χ1n) is 7.98. The molecule has 28 heavy (non-hydrogen) atoms. The zero-order valence-electron chi connectivity index (χ0n) is 14.4. The number of hydrogen-bond acceptors (Lipinski definition) is 6. The second-order valence-corrected chi connectivity index (χ2v) is 6.14. The van der Waals surface area contributed by atoms with Gasteiger partial charge in [0.05, 0.1) is 16.6 Å². The maximum Gasteiger partial charge on any atom is 0.339 e. The molecular weight excluding hydrogens is 391 g/mol. The number of rotatable bonds is 5. The molecule has 1 aromatic carbocycles. The van der Waals surface area contributed by atoms with Gasteiger partial charge in [-0.05, 0) is 25.1 Å². The number of carboxylic acids is 1. The molecule has 0 spiro atoms. The van der Waals surface area contributed by atoms with Gasteiger partial charge >= 0.3 is 5.97 Å². The number of nitrogens with zero attached hydrogens (tertiary/aromatic N) is 2. The summed E-state index contributed by atoms with van der Waals surface area (Å²) in [6.45, 7) is 1.57. The van der Waals surface area contributed by atoms with Crippen LogP contribution in [0.2, 0.25) is 5.02 Å². The van der Waals surface area contributed by atoms with Crippen LogP contribution < -0.4 is 11.1 Å². The maximum absolute atomic E-state index is 13.7. The Hall–Kier alpha value is -3.46. The van der Waals surface area contributed by atoms with Gasteiger partial charge in [0.25, 0.3) is 5.91 Å². The van der Waals surface area contributed by atoms with Crippen LogP contribution in [0, 0.1) is 5.82 Å². The molecule has 8 nitrogen and oxygen atoms in total. The number of carboxylic acid groups (broad SMARTS) is 1. The lowest BCUT2D eigenvalue weighted by molar-refractivity contribution is -0.116. The van der Waals surface area contributed by atoms with Gasteiger partial charge in [0.1, 0.15) is 17.1 Å². The zero-order valence-corrected chi connectivity index (χ0v) is 15.2. The lowest BCUT2D eigenvalue weighted by Gasteiger charge is -2.13. The second-order valence-electron chi connectivity index (χ2n) is 5.76. The fraction of sp³-hybridized carbons (Fsp3) is 0.111. The van der Waals surface area contributed by atoms with Crippen molar-refractivity contribution in [3.63, 3.8) is 0 Å². The summed E-state index contributed by atoms with van der Waals surface area (Å²) in [5.74, 6) is -2.54. The average molecular weight is 405 g/mol. The van der Waals surface area contributed by atoms with Crippen LogP contribution in [0.5, 0.6) is 0 Å². The Morgan fingerprint density at radius 2 is 2.04 bits per heavy atom. The first-order valence-corrected chi connectivity index (χ1v) is 8.36. The number of fused-ring (bicyclic) bond motifs is 1. The fourth-order valence-corrected chi connectivity index (χ4v) is 2.96. The van der Waals surface area contributed by atoms with Crippen LogP contribution in [-0.2, 0) is 4.79 Å². The van der Waals surface area contributed by atoms with Gasteiger partial charge in [-0.3, -0.25) is 4.79 Å². The number of furan rings is 1. The fourth-order valence-electron chi connectivity index (χ4n) is 2.62. The maximum atomic E-state index is 13.7. The third-order valence-corrected chi connectivity index (χ3v) is 4.30. The molecule has 0 aliphatic heterocycles. The monoisotopic (exact) mass is 404 g/mol. The summed E-state index contributed by atoms with van der Waals surface area (Å²) in [6.07, 6.45) is 3.98. The minimum absolute atomic E-state index is 0.000890. The number of carbonyl (C=O) groups excluding carboxylic acids is 1. The topological polar surface area (TPSA) is 131 Å². The third-order valence-electron chi connectivity index (χ3n) is 3.91. The van der Waals surface area contributed by atoms with Gasteiger partial charge in [0.2, 0.25) is 0 Å². The van der Waals surface area contributed by atoms with Crippen LogP contribution in [0.15, 0.2) is 41.2 Å². The van der Waals surface area contributed by atoms with E-state index in [1.807, 2.05) is 0 Å². The number of hydrogen-bond donors (Lipinski definition) is 3. The van der Waals surface area contributed by atoms with Gasteiger partial charge in [0, 0.05) is 24.0 Å². The molecule has 0 aliphatic carbocycles. The standard InChI is InChI=1S/C18H14ClFN4O4/c1-8(24-17(25)12(7-21)16-22-3-2-4-23-16)14-13(19)10-5-9(20)6-11(18(26)27)15(10)28-14/h2-8H,21H2,1H3,(H,24,25)(H,26,27)/b12-7+/t8-/m0/s1. The largest absolute Gasteiger partial charge is 0.478 e. The molecule has 1 amide bonds. The number of nitrogens with two attached hydrogens (primary N) is 1. The van der Waals surface area contributed by atoms with Crippen LogP contribution in [-0.4, -0.2) is 27.0 Å². The van der Waals surface area contributed by atoms with Crippen LogP contribution in [0.3, 0.4) is 0 Å². The van der Waals surface area contributed by atoms with E-state index in [0.717, 1.165) is 18.3 Å². The van der Waals surface area contributed by atoms with Crippen LogP contribution in [0.4, 0.5) is 4.39 Å². The quantitative estimate of drug-likeness (QED) is 0.557. The van der Waals surface area contributed by atoms with E-state index >= 15 is 0 Å². The number of carbonyl (C=O) groups is 2. The molecule has 0 fully saturated rings. The Morgan fingerprint density at radius 1 is 1.36 bits per heavy atom. The molecule has 1 atom stereocenters. The van der Waals surface area contributed by atoms with Gasteiger partial charge in [-0.25, -0.2) is 19.2 Å². The van der Waals surface area contributed by atoms with Crippen molar-refractivity contribution in [3.8, 4) is 0 Å². The smallest absolute Gasteiger partial charge is 0.339 e. The normalized spacial score (nSPS) is 12.8. The number of amides is 1. The summed E-state index contributed by atoms with van der Waals surface area (Å²) in [5.41, 5.74) is 5.09. The van der Waals surface area contributed by atoms with E-state index in [2.05, 4.69) is 15.3 Å². The van der Waals surface area contributed by atoms with Crippen LogP contribution in [0.25, 0.3) is 16.5 Å². The highest BCUT2D eigenvalue weighted by atomic mass is 35.5. The highest BCUT2D eigenvalue weighted by Gasteiger charge is 2.25. The zero-order chi connectivity index (χ0) is 20.4. The summed E-state index contributed by atoms with van der Waals surface area (Å²) in [4.78, 5) is 31.8. The third kappa shape index (κ3) is 3.52. The van der Waals surface area contributed by atoms with E-state index in [1.165, 1.54) is 12.4 Å². The summed E-state index contributed by atoms with van der Waals surface area (Å²) in [6, 6.07) is 2.70. The summed E-state index contributed by atoms with van der Waals surface area (Å²) >= 11 is 6.25. The first kappa shape index (κ1) is 19.3. The molecule has 0 saturated heterocycles. The van der Waals surface area contributed by atoms with E-state index in [0.29, 0.717) is 0 Å². The van der Waals surface area contributed by atoms with E-state index in [-0.39, 0.29) is 38.7 Å². The van der Waals surface area contributed by atoms with Crippen molar-refractivity contribution in [1.29, 1.82) is 0 Å². The molecular formula is C18H14ClFN4O4. The number of aromatic carboxylic acids is 1. The van der Waals surface area contributed by atoms with Crippen molar-refractivity contribution in [3.05, 3.63) is 64.8 Å². The van der Waals surface area contributed by atoms with Crippen molar-refractivity contribution in [2.75, 3.05) is 0 Å². The minimum Gasteiger partial charge on any atom is -0.478 e. The molecule has 0 saturated carbocycles. The molecule has 0 radical (unpaired) electrons. The number of halogens is 2. The Morgan fingerprint density at radius 3 is 2.64 bits per heavy atom. The molecule has 3 rings (SSSR count). The Balaban J connectivity index is 1.94. The predicted octanol–water partition coefficient (Wildman–Crippen LogP) is 2.89. The van der Waals surface area contributed by atoms with E-state index < -0.39 is 23.7 Å². The Kier molecular flexibility index (Phi) is 5.27. The van der Waals surface area contributed by atoms with Crippen molar-refractivity contribution in [2.24, 2.45) is 5.73 Å². The highest BCUT2D eigenvalue weighted by Crippen LogP contribution is 2.36.